The number of rotatable bonds is 14. The number of nitrogens with zero attached hydrogens (tertiary/aromatic N) is 2. The molecule has 0 aromatic heterocycles. The second kappa shape index (κ2) is 19.9. The molecule has 0 bridgehead atoms. The fraction of sp³-hybridized carbons (Fsp3) is 0.846. The molecule has 0 spiro atoms. The van der Waals surface area contributed by atoms with Crippen LogP contribution in [0, 0.1) is 11.8 Å². The van der Waals surface area contributed by atoms with Crippen LogP contribution in [0.4, 0.5) is 0 Å². The van der Waals surface area contributed by atoms with Crippen molar-refractivity contribution in [3.63, 3.8) is 0 Å². The van der Waals surface area contributed by atoms with E-state index in [1.807, 2.05) is 26.0 Å². The molecule has 3 fully saturated rings. The molecule has 31 heavy (non-hydrogen) atoms. The van der Waals surface area contributed by atoms with Crippen LogP contribution in [0.5, 0.6) is 0 Å². The fourth-order valence-corrected chi connectivity index (χ4v) is 4.09. The van der Waals surface area contributed by atoms with E-state index < -0.39 is 0 Å². The van der Waals surface area contributed by atoms with Crippen molar-refractivity contribution in [2.24, 2.45) is 11.8 Å². The highest BCUT2D eigenvalue weighted by molar-refractivity contribution is 4.80. The number of nitrogens with one attached hydrogen (secondary N) is 2. The molecule has 0 saturated carbocycles. The Morgan fingerprint density at radius 1 is 0.839 bits per heavy atom. The lowest BCUT2D eigenvalue weighted by molar-refractivity contribution is 0.0369. The van der Waals surface area contributed by atoms with Gasteiger partial charge in [0.25, 0.3) is 0 Å². The summed E-state index contributed by atoms with van der Waals surface area (Å²) >= 11 is 0. The topological polar surface area (TPSA) is 39.8 Å². The van der Waals surface area contributed by atoms with Gasteiger partial charge >= 0.3 is 0 Å². The summed E-state index contributed by atoms with van der Waals surface area (Å²) < 4.78 is 5.32. The average molecular weight is 437 g/mol. The Kier molecular flexibility index (Phi) is 18.2. The van der Waals surface area contributed by atoms with Gasteiger partial charge in [-0.05, 0) is 76.8 Å². The molecule has 0 aromatic carbocycles. The monoisotopic (exact) mass is 436 g/mol. The molecule has 0 unspecified atom stereocenters. The van der Waals surface area contributed by atoms with Crippen molar-refractivity contribution in [1.29, 1.82) is 0 Å². The summed E-state index contributed by atoms with van der Waals surface area (Å²) in [6, 6.07) is 0. The van der Waals surface area contributed by atoms with E-state index in [1.54, 1.807) is 0 Å². The maximum absolute atomic E-state index is 5.32. The molecule has 0 amide bonds. The summed E-state index contributed by atoms with van der Waals surface area (Å²) in [5.41, 5.74) is 0. The van der Waals surface area contributed by atoms with Crippen molar-refractivity contribution < 1.29 is 4.74 Å². The Balaban J connectivity index is 0.000000287. The van der Waals surface area contributed by atoms with E-state index >= 15 is 0 Å². The van der Waals surface area contributed by atoms with E-state index in [0.717, 1.165) is 51.2 Å². The van der Waals surface area contributed by atoms with Crippen LogP contribution in [0.2, 0.25) is 0 Å². The quantitative estimate of drug-likeness (QED) is 0.320. The molecule has 3 aliphatic heterocycles. The minimum Gasteiger partial charge on any atom is -0.379 e. The first-order chi connectivity index (χ1) is 15.3. The van der Waals surface area contributed by atoms with Gasteiger partial charge in [0.1, 0.15) is 0 Å². The van der Waals surface area contributed by atoms with Crippen molar-refractivity contribution in [2.45, 2.75) is 52.4 Å². The zero-order valence-corrected chi connectivity index (χ0v) is 20.8. The molecule has 0 aromatic rings. The summed E-state index contributed by atoms with van der Waals surface area (Å²) in [6.07, 6.45) is 12.2. The molecule has 182 valence electrons. The summed E-state index contributed by atoms with van der Waals surface area (Å²) in [6.45, 7) is 25.1. The van der Waals surface area contributed by atoms with Crippen molar-refractivity contribution in [3.8, 4) is 0 Å². The molecule has 3 aliphatic rings. The fourth-order valence-electron chi connectivity index (χ4n) is 4.09. The molecular weight excluding hydrogens is 384 g/mol. The van der Waals surface area contributed by atoms with Crippen LogP contribution in [0.3, 0.4) is 0 Å². The normalized spacial score (nSPS) is 19.3. The molecule has 2 N–H and O–H groups in total. The average Bonchev–Trinajstić information content (AvgIpc) is 2.74. The Bertz CT molecular complexity index is 408. The molecule has 0 radical (unpaired) electrons. The molecule has 3 saturated heterocycles. The van der Waals surface area contributed by atoms with Crippen LogP contribution in [0.1, 0.15) is 52.4 Å². The third-order valence-corrected chi connectivity index (χ3v) is 6.28. The highest BCUT2D eigenvalue weighted by Crippen LogP contribution is 2.13. The lowest BCUT2D eigenvalue weighted by Crippen LogP contribution is -2.42. The number of unbranched alkanes of at least 4 members (excludes halogenated alkanes) is 2. The van der Waals surface area contributed by atoms with Gasteiger partial charge < -0.3 is 15.4 Å². The van der Waals surface area contributed by atoms with Crippen molar-refractivity contribution in [3.05, 3.63) is 25.3 Å². The Hall–Kier alpha value is -0.720. The lowest BCUT2D eigenvalue weighted by atomic mass is 9.96. The standard InChI is InChI=1S/C13H24N2.C11H22N2O.C2H6/c1-3-8-15(9-4-2)10-6-5-7-13-11-14-12-13;1(3-11-9-12-10-11)2-4-13-5-7-14-8-6-13;1-2/h3-4,13-14H,1-2,5-12H2;11-12H,1-10H2;1-2H3. The number of morpholine rings is 1. The van der Waals surface area contributed by atoms with Gasteiger partial charge in [0, 0.05) is 26.2 Å². The first kappa shape index (κ1) is 28.3. The van der Waals surface area contributed by atoms with Gasteiger partial charge in [-0.15, -0.1) is 13.2 Å². The maximum atomic E-state index is 5.32. The van der Waals surface area contributed by atoms with Crippen molar-refractivity contribution in [2.75, 3.05) is 78.7 Å². The van der Waals surface area contributed by atoms with Crippen LogP contribution in [-0.4, -0.2) is 88.5 Å². The van der Waals surface area contributed by atoms with Crippen LogP contribution >= 0.6 is 0 Å². The van der Waals surface area contributed by atoms with Gasteiger partial charge in [-0.1, -0.05) is 38.8 Å². The molecule has 5 nitrogen and oxygen atoms in total. The first-order valence-electron chi connectivity index (χ1n) is 13.0. The minimum absolute atomic E-state index is 0.937. The predicted octanol–water partition coefficient (Wildman–Crippen LogP) is 3.78. The van der Waals surface area contributed by atoms with E-state index in [9.17, 15) is 0 Å². The van der Waals surface area contributed by atoms with E-state index in [1.165, 1.54) is 77.8 Å². The number of hydrogen-bond acceptors (Lipinski definition) is 5. The largest absolute Gasteiger partial charge is 0.379 e. The Morgan fingerprint density at radius 3 is 1.81 bits per heavy atom. The molecule has 0 atom stereocenters. The highest BCUT2D eigenvalue weighted by Gasteiger charge is 2.16. The van der Waals surface area contributed by atoms with E-state index in [-0.39, 0.29) is 0 Å². The van der Waals surface area contributed by atoms with Gasteiger partial charge in [0.05, 0.1) is 13.2 Å². The van der Waals surface area contributed by atoms with Crippen LogP contribution in [0.15, 0.2) is 25.3 Å². The lowest BCUT2D eigenvalue weighted by Gasteiger charge is -2.28. The Morgan fingerprint density at radius 2 is 1.35 bits per heavy atom. The molecule has 5 heteroatoms. The maximum Gasteiger partial charge on any atom is 0.0594 e. The van der Waals surface area contributed by atoms with E-state index in [4.69, 9.17) is 4.74 Å². The number of hydrogen-bond donors (Lipinski definition) is 2. The second-order valence-electron chi connectivity index (χ2n) is 8.83. The third-order valence-electron chi connectivity index (χ3n) is 6.28. The van der Waals surface area contributed by atoms with E-state index in [2.05, 4.69) is 33.6 Å². The van der Waals surface area contributed by atoms with Gasteiger partial charge in [-0.2, -0.15) is 0 Å². The van der Waals surface area contributed by atoms with Gasteiger partial charge in [-0.3, -0.25) is 9.80 Å². The van der Waals surface area contributed by atoms with Gasteiger partial charge in [-0.25, -0.2) is 0 Å². The smallest absolute Gasteiger partial charge is 0.0594 e. The first-order valence-corrected chi connectivity index (χ1v) is 13.0. The van der Waals surface area contributed by atoms with Crippen LogP contribution in [0.25, 0.3) is 0 Å². The summed E-state index contributed by atoms with van der Waals surface area (Å²) in [5.74, 6) is 1.94. The molecule has 0 aliphatic carbocycles. The molecule has 3 heterocycles. The predicted molar refractivity (Wildman–Crippen MR) is 136 cm³/mol. The van der Waals surface area contributed by atoms with Crippen molar-refractivity contribution in [1.82, 2.24) is 20.4 Å². The molecular formula is C26H52N4O. The summed E-state index contributed by atoms with van der Waals surface area (Å²) in [5, 5.41) is 6.64. The highest BCUT2D eigenvalue weighted by atomic mass is 16.5. The summed E-state index contributed by atoms with van der Waals surface area (Å²) in [7, 11) is 0. The third kappa shape index (κ3) is 14.1. The van der Waals surface area contributed by atoms with Gasteiger partial charge in [0.15, 0.2) is 0 Å². The second-order valence-corrected chi connectivity index (χ2v) is 8.83. The SMILES string of the molecule is C(CCN1CCOCC1)CC1CNC1.C=CCN(CC=C)CCCCC1CNC1.CC. The number of ether oxygens (including phenoxy) is 1. The molecule has 3 rings (SSSR count). The zero-order chi connectivity index (χ0) is 22.6. The Labute approximate surface area is 193 Å². The van der Waals surface area contributed by atoms with Crippen LogP contribution < -0.4 is 10.6 Å². The zero-order valence-electron chi connectivity index (χ0n) is 20.8. The summed E-state index contributed by atoms with van der Waals surface area (Å²) in [4.78, 5) is 4.92. The van der Waals surface area contributed by atoms with Gasteiger partial charge in [0.2, 0.25) is 0 Å². The van der Waals surface area contributed by atoms with Crippen molar-refractivity contribution >= 4 is 0 Å². The van der Waals surface area contributed by atoms with E-state index in [0.29, 0.717) is 0 Å². The minimum atomic E-state index is 0.937. The van der Waals surface area contributed by atoms with Crippen LogP contribution in [-0.2, 0) is 4.74 Å².